The molecule has 0 unspecified atom stereocenters. The minimum absolute atomic E-state index is 0.0392. The number of pyridine rings is 1. The smallest absolute Gasteiger partial charge is 0.276 e. The van der Waals surface area contributed by atoms with Crippen LogP contribution in [0.5, 0.6) is 5.75 Å². The van der Waals surface area contributed by atoms with Crippen LogP contribution in [0.15, 0.2) is 29.9 Å². The molecule has 1 aliphatic rings. The molecule has 1 aliphatic heterocycles. The van der Waals surface area contributed by atoms with E-state index >= 15 is 0 Å². The summed E-state index contributed by atoms with van der Waals surface area (Å²) in [5.74, 6) is 1.41. The Morgan fingerprint density at radius 1 is 1.40 bits per heavy atom. The van der Waals surface area contributed by atoms with Crippen LogP contribution in [0.3, 0.4) is 0 Å². The van der Waals surface area contributed by atoms with Gasteiger partial charge in [0.05, 0.1) is 6.04 Å². The van der Waals surface area contributed by atoms with Crippen molar-refractivity contribution >= 4 is 29.0 Å². The molecule has 2 aromatic heterocycles. The van der Waals surface area contributed by atoms with Gasteiger partial charge in [-0.1, -0.05) is 0 Å². The highest BCUT2D eigenvalue weighted by Gasteiger charge is 2.32. The van der Waals surface area contributed by atoms with E-state index in [1.165, 1.54) is 12.3 Å². The van der Waals surface area contributed by atoms with E-state index in [4.69, 9.17) is 0 Å². The Hall–Kier alpha value is -1.60. The SMILES string of the molecule is O=C(c1ncccc1O)N1CCSC[C@H]1c1nccs1. The molecule has 0 bridgehead atoms. The third kappa shape index (κ3) is 2.51. The van der Waals surface area contributed by atoms with E-state index in [0.29, 0.717) is 6.54 Å². The molecule has 0 radical (unpaired) electrons. The van der Waals surface area contributed by atoms with Gasteiger partial charge in [-0.05, 0) is 12.1 Å². The molecule has 5 nitrogen and oxygen atoms in total. The minimum Gasteiger partial charge on any atom is -0.505 e. The molecule has 1 N–H and O–H groups in total. The zero-order valence-corrected chi connectivity index (χ0v) is 12.2. The van der Waals surface area contributed by atoms with Crippen LogP contribution in [0.2, 0.25) is 0 Å². The highest BCUT2D eigenvalue weighted by Crippen LogP contribution is 2.32. The summed E-state index contributed by atoms with van der Waals surface area (Å²) in [5, 5.41) is 12.6. The fourth-order valence-electron chi connectivity index (χ4n) is 2.15. The summed E-state index contributed by atoms with van der Waals surface area (Å²) in [4.78, 5) is 22.7. The molecule has 2 aromatic rings. The predicted molar refractivity (Wildman–Crippen MR) is 79.1 cm³/mol. The van der Waals surface area contributed by atoms with E-state index in [1.807, 2.05) is 17.1 Å². The summed E-state index contributed by atoms with van der Waals surface area (Å²) >= 11 is 3.36. The maximum absolute atomic E-state index is 12.6. The highest BCUT2D eigenvalue weighted by molar-refractivity contribution is 7.99. The number of thiazole rings is 1. The first kappa shape index (κ1) is 13.4. The van der Waals surface area contributed by atoms with Gasteiger partial charge in [-0.15, -0.1) is 11.3 Å². The summed E-state index contributed by atoms with van der Waals surface area (Å²) in [5.41, 5.74) is 0.112. The van der Waals surface area contributed by atoms with Gasteiger partial charge in [0.1, 0.15) is 10.8 Å². The molecule has 3 rings (SSSR count). The number of amides is 1. The average molecular weight is 307 g/mol. The minimum atomic E-state index is -0.233. The lowest BCUT2D eigenvalue weighted by molar-refractivity contribution is 0.0691. The molecule has 1 atom stereocenters. The fourth-order valence-corrected chi connectivity index (χ4v) is 4.06. The van der Waals surface area contributed by atoms with Crippen molar-refractivity contribution in [3.63, 3.8) is 0 Å². The van der Waals surface area contributed by atoms with Gasteiger partial charge in [0.25, 0.3) is 5.91 Å². The van der Waals surface area contributed by atoms with Crippen molar-refractivity contribution in [2.24, 2.45) is 0 Å². The second-order valence-electron chi connectivity index (χ2n) is 4.33. The zero-order chi connectivity index (χ0) is 13.9. The Kier molecular flexibility index (Phi) is 3.88. The first-order valence-corrected chi connectivity index (χ1v) is 8.23. The predicted octanol–water partition coefficient (Wildman–Crippen LogP) is 2.17. The van der Waals surface area contributed by atoms with Crippen molar-refractivity contribution in [3.05, 3.63) is 40.6 Å². The number of carbonyl (C=O) groups excluding carboxylic acids is 1. The van der Waals surface area contributed by atoms with Gasteiger partial charge in [-0.2, -0.15) is 11.8 Å². The summed E-state index contributed by atoms with van der Waals surface area (Å²) in [6, 6.07) is 3.05. The molecule has 1 saturated heterocycles. The molecular weight excluding hydrogens is 294 g/mol. The van der Waals surface area contributed by atoms with Gasteiger partial charge < -0.3 is 10.0 Å². The van der Waals surface area contributed by atoms with Gasteiger partial charge in [0, 0.05) is 35.8 Å². The molecule has 0 aromatic carbocycles. The summed E-state index contributed by atoms with van der Waals surface area (Å²) in [6.07, 6.45) is 3.27. The lowest BCUT2D eigenvalue weighted by Gasteiger charge is -2.34. The number of hydrogen-bond acceptors (Lipinski definition) is 6. The Labute approximate surface area is 124 Å². The molecule has 3 heterocycles. The Bertz CT molecular complexity index is 603. The summed E-state index contributed by atoms with van der Waals surface area (Å²) < 4.78 is 0. The number of aromatic hydroxyl groups is 1. The molecule has 1 amide bonds. The molecule has 20 heavy (non-hydrogen) atoms. The average Bonchev–Trinajstić information content (AvgIpc) is 3.01. The first-order valence-electron chi connectivity index (χ1n) is 6.19. The van der Waals surface area contributed by atoms with Crippen LogP contribution in [0.1, 0.15) is 21.5 Å². The Morgan fingerprint density at radius 2 is 2.30 bits per heavy atom. The van der Waals surface area contributed by atoms with Gasteiger partial charge >= 0.3 is 0 Å². The highest BCUT2D eigenvalue weighted by atomic mass is 32.2. The van der Waals surface area contributed by atoms with E-state index in [2.05, 4.69) is 9.97 Å². The topological polar surface area (TPSA) is 66.3 Å². The van der Waals surface area contributed by atoms with Crippen LogP contribution < -0.4 is 0 Å². The standard InChI is InChI=1S/C13H13N3O2S2/c17-10-2-1-3-14-11(10)13(18)16-5-7-19-8-9(16)12-15-4-6-20-12/h1-4,6,9,17H,5,7-8H2/t9-/m0/s1. The normalized spacial score (nSPS) is 19.0. The third-order valence-corrected chi connectivity index (χ3v) is 5.01. The van der Waals surface area contributed by atoms with Gasteiger partial charge in [0.2, 0.25) is 0 Å². The molecule has 1 fully saturated rings. The van der Waals surface area contributed by atoms with Crippen LogP contribution in [-0.2, 0) is 0 Å². The van der Waals surface area contributed by atoms with Crippen molar-refractivity contribution in [1.82, 2.24) is 14.9 Å². The second-order valence-corrected chi connectivity index (χ2v) is 6.41. The van der Waals surface area contributed by atoms with Crippen LogP contribution in [-0.4, -0.2) is 43.9 Å². The van der Waals surface area contributed by atoms with Crippen molar-refractivity contribution in [3.8, 4) is 5.75 Å². The van der Waals surface area contributed by atoms with E-state index < -0.39 is 0 Å². The van der Waals surface area contributed by atoms with E-state index in [9.17, 15) is 9.90 Å². The molecule has 0 spiro atoms. The first-order chi connectivity index (χ1) is 9.77. The number of aromatic nitrogens is 2. The van der Waals surface area contributed by atoms with Crippen LogP contribution >= 0.6 is 23.1 Å². The summed E-state index contributed by atoms with van der Waals surface area (Å²) in [7, 11) is 0. The van der Waals surface area contributed by atoms with Gasteiger partial charge in [-0.25, -0.2) is 9.97 Å². The van der Waals surface area contributed by atoms with Crippen molar-refractivity contribution < 1.29 is 9.90 Å². The van der Waals surface area contributed by atoms with Crippen LogP contribution in [0.25, 0.3) is 0 Å². The van der Waals surface area contributed by atoms with Crippen molar-refractivity contribution in [2.75, 3.05) is 18.1 Å². The number of rotatable bonds is 2. The Balaban J connectivity index is 1.90. The van der Waals surface area contributed by atoms with Gasteiger partial charge in [-0.3, -0.25) is 4.79 Å². The maximum atomic E-state index is 12.6. The monoisotopic (exact) mass is 307 g/mol. The molecule has 0 aliphatic carbocycles. The van der Waals surface area contributed by atoms with Crippen LogP contribution in [0, 0.1) is 0 Å². The van der Waals surface area contributed by atoms with Crippen LogP contribution in [0.4, 0.5) is 0 Å². The second kappa shape index (κ2) is 5.80. The fraction of sp³-hybridized carbons (Fsp3) is 0.308. The summed E-state index contributed by atoms with van der Waals surface area (Å²) in [6.45, 7) is 0.643. The number of nitrogens with zero attached hydrogens (tertiary/aromatic N) is 3. The third-order valence-electron chi connectivity index (χ3n) is 3.11. The Morgan fingerprint density at radius 3 is 3.05 bits per heavy atom. The van der Waals surface area contributed by atoms with E-state index in [0.717, 1.165) is 16.5 Å². The van der Waals surface area contributed by atoms with Crippen molar-refractivity contribution in [2.45, 2.75) is 6.04 Å². The van der Waals surface area contributed by atoms with E-state index in [1.54, 1.807) is 28.5 Å². The number of thioether (sulfide) groups is 1. The molecule has 104 valence electrons. The zero-order valence-electron chi connectivity index (χ0n) is 10.6. The van der Waals surface area contributed by atoms with Gasteiger partial charge in [0.15, 0.2) is 5.69 Å². The molecule has 0 saturated carbocycles. The maximum Gasteiger partial charge on any atom is 0.276 e. The lowest BCUT2D eigenvalue weighted by atomic mass is 10.2. The molecular formula is C13H13N3O2S2. The van der Waals surface area contributed by atoms with Crippen molar-refractivity contribution in [1.29, 1.82) is 0 Å². The number of carbonyl (C=O) groups is 1. The largest absolute Gasteiger partial charge is 0.505 e. The lowest BCUT2D eigenvalue weighted by Crippen LogP contribution is -2.41. The van der Waals surface area contributed by atoms with E-state index in [-0.39, 0.29) is 23.4 Å². The number of hydrogen-bond donors (Lipinski definition) is 1. The quantitative estimate of drug-likeness (QED) is 0.921. The molecule has 7 heteroatoms.